The molecule has 0 spiro atoms. The molecule has 2 heterocycles. The van der Waals surface area contributed by atoms with Gasteiger partial charge in [0.05, 0.1) is 29.1 Å². The number of nitriles is 3. The predicted molar refractivity (Wildman–Crippen MR) is 122 cm³/mol. The number of hydrogen-bond donors (Lipinski definition) is 1. The zero-order chi connectivity index (χ0) is 24.2. The van der Waals surface area contributed by atoms with Crippen molar-refractivity contribution >= 4 is 34.8 Å². The molecular weight excluding hydrogens is 461 g/mol. The number of hydrogen-bond acceptors (Lipinski definition) is 7. The molecule has 7 nitrogen and oxygen atoms in total. The van der Waals surface area contributed by atoms with E-state index in [4.69, 9.17) is 38.1 Å². The number of halogens is 2. The van der Waals surface area contributed by atoms with Gasteiger partial charge in [0.2, 0.25) is 17.1 Å². The second-order valence-electron chi connectivity index (χ2n) is 8.38. The fourth-order valence-corrected chi connectivity index (χ4v) is 5.40. The molecule has 1 N–H and O–H groups in total. The Labute approximate surface area is 201 Å². The SMILES string of the molecule is CC1C2(c3ccc(Cl)cc3Cl)OC(=N)C1(C#N)C(C#N)(C#N)C(c1ccc(N(C)C)cc1)O2. The van der Waals surface area contributed by atoms with Crippen molar-refractivity contribution in [1.82, 2.24) is 0 Å². The molecule has 33 heavy (non-hydrogen) atoms. The largest absolute Gasteiger partial charge is 0.443 e. The number of nitrogens with one attached hydrogen (secondary N) is 1. The van der Waals surface area contributed by atoms with Gasteiger partial charge in [-0.2, -0.15) is 15.8 Å². The molecule has 0 radical (unpaired) electrons. The average Bonchev–Trinajstić information content (AvgIpc) is 2.95. The predicted octanol–water partition coefficient (Wildman–Crippen LogP) is 5.17. The van der Waals surface area contributed by atoms with Crippen LogP contribution in [0.15, 0.2) is 42.5 Å². The minimum Gasteiger partial charge on any atom is -0.443 e. The number of ether oxygens (including phenoxy) is 2. The van der Waals surface area contributed by atoms with Crippen LogP contribution in [0, 0.1) is 56.2 Å². The molecular formula is C24H19Cl2N5O2. The van der Waals surface area contributed by atoms with Crippen LogP contribution in [-0.2, 0) is 15.3 Å². The molecule has 2 aromatic carbocycles. The zero-order valence-corrected chi connectivity index (χ0v) is 19.6. The average molecular weight is 480 g/mol. The molecule has 2 saturated heterocycles. The van der Waals surface area contributed by atoms with Gasteiger partial charge in [0.15, 0.2) is 5.41 Å². The van der Waals surface area contributed by atoms with E-state index in [9.17, 15) is 15.8 Å². The van der Waals surface area contributed by atoms with E-state index < -0.39 is 34.5 Å². The Balaban J connectivity index is 2.01. The van der Waals surface area contributed by atoms with Crippen molar-refractivity contribution in [3.05, 3.63) is 63.6 Å². The highest BCUT2D eigenvalue weighted by atomic mass is 35.5. The summed E-state index contributed by atoms with van der Waals surface area (Å²) in [7, 11) is 3.78. The van der Waals surface area contributed by atoms with Crippen molar-refractivity contribution in [2.45, 2.75) is 18.8 Å². The summed E-state index contributed by atoms with van der Waals surface area (Å²) in [6.07, 6.45) is -1.20. The van der Waals surface area contributed by atoms with Gasteiger partial charge in [0, 0.05) is 30.4 Å². The van der Waals surface area contributed by atoms with Gasteiger partial charge < -0.3 is 14.4 Å². The lowest BCUT2D eigenvalue weighted by molar-refractivity contribution is -0.288. The summed E-state index contributed by atoms with van der Waals surface area (Å²) in [6.45, 7) is 1.63. The maximum atomic E-state index is 10.4. The Kier molecular flexibility index (Phi) is 5.31. The molecule has 4 rings (SSSR count). The summed E-state index contributed by atoms with van der Waals surface area (Å²) in [5.74, 6) is -3.08. The summed E-state index contributed by atoms with van der Waals surface area (Å²) in [6, 6.07) is 18.0. The zero-order valence-electron chi connectivity index (χ0n) is 18.1. The minimum absolute atomic E-state index is 0.221. The highest BCUT2D eigenvalue weighted by Gasteiger charge is 2.80. The number of anilines is 1. The van der Waals surface area contributed by atoms with Gasteiger partial charge in [-0.15, -0.1) is 0 Å². The van der Waals surface area contributed by atoms with Gasteiger partial charge in [-0.1, -0.05) is 42.3 Å². The van der Waals surface area contributed by atoms with Crippen LogP contribution < -0.4 is 4.90 Å². The van der Waals surface area contributed by atoms with Crippen LogP contribution in [0.1, 0.15) is 24.2 Å². The van der Waals surface area contributed by atoms with E-state index in [2.05, 4.69) is 6.07 Å². The number of fused-ring (bicyclic) bond motifs is 2. The summed E-state index contributed by atoms with van der Waals surface area (Å²) in [5.41, 5.74) is -2.18. The number of benzene rings is 2. The van der Waals surface area contributed by atoms with E-state index in [1.165, 1.54) is 6.07 Å². The van der Waals surface area contributed by atoms with Gasteiger partial charge in [-0.05, 0) is 35.9 Å². The lowest BCUT2D eigenvalue weighted by atomic mass is 9.53. The molecule has 166 valence electrons. The van der Waals surface area contributed by atoms with Gasteiger partial charge in [-0.25, -0.2) is 0 Å². The van der Waals surface area contributed by atoms with E-state index >= 15 is 0 Å². The molecule has 4 atom stereocenters. The van der Waals surface area contributed by atoms with Crippen LogP contribution in [0.4, 0.5) is 5.69 Å². The number of rotatable bonds is 3. The van der Waals surface area contributed by atoms with Crippen molar-refractivity contribution < 1.29 is 9.47 Å². The highest BCUT2D eigenvalue weighted by Crippen LogP contribution is 2.69. The van der Waals surface area contributed by atoms with Gasteiger partial charge in [0.1, 0.15) is 6.10 Å². The third kappa shape index (κ3) is 2.79. The van der Waals surface area contributed by atoms with E-state index in [-0.39, 0.29) is 5.02 Å². The van der Waals surface area contributed by atoms with Crippen LogP contribution in [0.2, 0.25) is 10.0 Å². The van der Waals surface area contributed by atoms with Crippen molar-refractivity contribution in [3.8, 4) is 18.2 Å². The second kappa shape index (κ2) is 7.65. The van der Waals surface area contributed by atoms with Gasteiger partial charge in [-0.3, -0.25) is 5.41 Å². The molecule has 4 unspecified atom stereocenters. The van der Waals surface area contributed by atoms with Gasteiger partial charge >= 0.3 is 0 Å². The van der Waals surface area contributed by atoms with Crippen LogP contribution in [0.5, 0.6) is 0 Å². The van der Waals surface area contributed by atoms with Gasteiger partial charge in [0.25, 0.3) is 0 Å². The lowest BCUT2D eigenvalue weighted by Crippen LogP contribution is -2.57. The molecule has 0 aliphatic carbocycles. The van der Waals surface area contributed by atoms with Crippen LogP contribution in [0.25, 0.3) is 0 Å². The fraction of sp³-hybridized carbons (Fsp3) is 0.333. The maximum Gasteiger partial charge on any atom is 0.245 e. The molecule has 2 bridgehead atoms. The molecule has 2 aromatic rings. The van der Waals surface area contributed by atoms with Crippen LogP contribution in [0.3, 0.4) is 0 Å². The molecule has 2 aliphatic rings. The lowest BCUT2D eigenvalue weighted by Gasteiger charge is -2.49. The standard InChI is InChI=1S/C24H19Cl2N5O2/c1-14-23(13-29)21(30)33-24(14,18-9-6-16(25)10-19(18)26)32-20(22(23,11-27)12-28)15-4-7-17(8-5-15)31(2)3/h4-10,14,20,30H,1-3H3. The summed E-state index contributed by atoms with van der Waals surface area (Å²) in [5, 5.41) is 40.2. The minimum atomic E-state index is -2.04. The normalized spacial score (nSPS) is 29.3. The summed E-state index contributed by atoms with van der Waals surface area (Å²) < 4.78 is 12.4. The topological polar surface area (TPSA) is 117 Å². The summed E-state index contributed by atoms with van der Waals surface area (Å²) >= 11 is 12.6. The van der Waals surface area contributed by atoms with Crippen LogP contribution in [-0.4, -0.2) is 20.0 Å². The molecule has 0 amide bonds. The van der Waals surface area contributed by atoms with Crippen molar-refractivity contribution in [2.75, 3.05) is 19.0 Å². The fourth-order valence-electron chi connectivity index (χ4n) is 4.86. The molecule has 2 aliphatic heterocycles. The van der Waals surface area contributed by atoms with E-state index in [1.54, 1.807) is 31.2 Å². The Bertz CT molecular complexity index is 1260. The maximum absolute atomic E-state index is 10.4. The van der Waals surface area contributed by atoms with E-state index in [0.29, 0.717) is 16.1 Å². The van der Waals surface area contributed by atoms with E-state index in [1.807, 2.05) is 43.3 Å². The smallest absolute Gasteiger partial charge is 0.245 e. The van der Waals surface area contributed by atoms with Crippen molar-refractivity contribution in [2.24, 2.45) is 16.7 Å². The molecule has 0 aromatic heterocycles. The first-order valence-electron chi connectivity index (χ1n) is 10.1. The first kappa shape index (κ1) is 22.9. The Hall–Kier alpha value is -3.28. The summed E-state index contributed by atoms with van der Waals surface area (Å²) in [4.78, 5) is 1.91. The molecule has 2 fully saturated rings. The third-order valence-corrected chi connectivity index (χ3v) is 7.24. The number of nitrogens with zero attached hydrogens (tertiary/aromatic N) is 4. The van der Waals surface area contributed by atoms with Crippen LogP contribution >= 0.6 is 23.2 Å². The van der Waals surface area contributed by atoms with Crippen molar-refractivity contribution in [3.63, 3.8) is 0 Å². The first-order chi connectivity index (χ1) is 15.6. The Morgan fingerprint density at radius 1 is 1.00 bits per heavy atom. The monoisotopic (exact) mass is 479 g/mol. The molecule has 9 heteroatoms. The first-order valence-corrected chi connectivity index (χ1v) is 10.8. The quantitative estimate of drug-likeness (QED) is 0.648. The molecule has 0 saturated carbocycles. The van der Waals surface area contributed by atoms with E-state index in [0.717, 1.165) is 5.69 Å². The third-order valence-electron chi connectivity index (χ3n) is 6.69. The highest BCUT2D eigenvalue weighted by molar-refractivity contribution is 6.35. The Morgan fingerprint density at radius 2 is 1.64 bits per heavy atom. The Morgan fingerprint density at radius 3 is 2.15 bits per heavy atom. The second-order valence-corrected chi connectivity index (χ2v) is 9.22. The van der Waals surface area contributed by atoms with Crippen molar-refractivity contribution in [1.29, 1.82) is 21.2 Å².